The molecule has 0 aromatic heterocycles. The van der Waals surface area contributed by atoms with Gasteiger partial charge in [-0.25, -0.2) is 0 Å². The van der Waals surface area contributed by atoms with E-state index in [2.05, 4.69) is 40.3 Å². The molecule has 0 aliphatic heterocycles. The number of hydrogen-bond acceptors (Lipinski definition) is 1. The van der Waals surface area contributed by atoms with Crippen LogP contribution in [-0.2, 0) is 35.0 Å². The maximum absolute atomic E-state index is 4.55. The van der Waals surface area contributed by atoms with Gasteiger partial charge in [0.1, 0.15) is 0 Å². The van der Waals surface area contributed by atoms with Crippen molar-refractivity contribution >= 4 is 20.6 Å². The molecule has 12 heavy (non-hydrogen) atoms. The fourth-order valence-electron chi connectivity index (χ4n) is 0.750. The summed E-state index contributed by atoms with van der Waals surface area (Å²) in [7, 11) is 0.137. The average molecular weight is 391 g/mol. The molecule has 0 spiro atoms. The monoisotopic (exact) mass is 391 g/mol. The van der Waals surface area contributed by atoms with Gasteiger partial charge in [-0.1, -0.05) is 13.3 Å². The van der Waals surface area contributed by atoms with E-state index in [0.717, 1.165) is 12.2 Å². The molecule has 0 fully saturated rings. The van der Waals surface area contributed by atoms with Crippen molar-refractivity contribution in [2.75, 3.05) is 24.2 Å². The van der Waals surface area contributed by atoms with E-state index in [1.807, 2.05) is 0 Å². The van der Waals surface area contributed by atoms with E-state index in [0.29, 0.717) is 0 Å². The van der Waals surface area contributed by atoms with Crippen LogP contribution in [-0.4, -0.2) is 24.2 Å². The van der Waals surface area contributed by atoms with Crippen LogP contribution < -0.4 is 0 Å². The van der Waals surface area contributed by atoms with Crippen molar-refractivity contribution in [2.45, 2.75) is 34.1 Å². The molecular weight excluding hydrogens is 368 g/mol. The molecule has 0 radical (unpaired) electrons. The van der Waals surface area contributed by atoms with Gasteiger partial charge < -0.3 is 12.6 Å². The summed E-state index contributed by atoms with van der Waals surface area (Å²) < 4.78 is 0. The summed E-state index contributed by atoms with van der Waals surface area (Å²) in [6.07, 6.45) is 5.50. The van der Waals surface area contributed by atoms with Gasteiger partial charge in [-0.2, -0.15) is 5.75 Å². The van der Waals surface area contributed by atoms with E-state index in [1.165, 1.54) is 18.5 Å². The van der Waals surface area contributed by atoms with Crippen LogP contribution >= 0.6 is 7.92 Å². The Morgan fingerprint density at radius 1 is 0.917 bits per heavy atom. The minimum absolute atomic E-state index is 0. The van der Waals surface area contributed by atoms with Gasteiger partial charge in [0.25, 0.3) is 0 Å². The summed E-state index contributed by atoms with van der Waals surface area (Å²) in [6.45, 7) is 9.00. The van der Waals surface area contributed by atoms with Crippen molar-refractivity contribution < 1.29 is 22.4 Å². The van der Waals surface area contributed by atoms with Crippen LogP contribution in [0.25, 0.3) is 0 Å². The van der Waals surface area contributed by atoms with Crippen LogP contribution in [0.15, 0.2) is 0 Å². The molecule has 0 heterocycles. The SMILES string of the molecule is CCC[S-].CC[PH+](CC)CC.[Au+]. The van der Waals surface area contributed by atoms with Gasteiger partial charge in [0.2, 0.25) is 0 Å². The normalized spacial score (nSPS) is 8.50. The Bertz CT molecular complexity index is 51.0. The smallest absolute Gasteiger partial charge is 0.793 e. The van der Waals surface area contributed by atoms with E-state index >= 15 is 0 Å². The van der Waals surface area contributed by atoms with Crippen molar-refractivity contribution in [3.63, 3.8) is 0 Å². The molecule has 0 rings (SSSR count). The molecule has 0 amide bonds. The first-order chi connectivity index (χ1) is 5.26. The van der Waals surface area contributed by atoms with Crippen LogP contribution in [0.1, 0.15) is 34.1 Å². The minimum atomic E-state index is 0. The second kappa shape index (κ2) is 18.3. The van der Waals surface area contributed by atoms with Crippen molar-refractivity contribution in [1.82, 2.24) is 0 Å². The Morgan fingerprint density at radius 3 is 1.17 bits per heavy atom. The Hall–Kier alpha value is 1.52. The Balaban J connectivity index is -0.000000142. The summed E-state index contributed by atoms with van der Waals surface area (Å²) in [6, 6.07) is 0. The van der Waals surface area contributed by atoms with E-state index in [1.54, 1.807) is 0 Å². The zero-order valence-corrected chi connectivity index (χ0v) is 12.7. The van der Waals surface area contributed by atoms with Gasteiger partial charge in [-0.05, 0) is 28.7 Å². The van der Waals surface area contributed by atoms with Gasteiger partial charge in [0.05, 0.1) is 18.5 Å². The number of rotatable bonds is 4. The summed E-state index contributed by atoms with van der Waals surface area (Å²) in [5, 5.41) is 0. The molecular formula is C9H23AuPS+. The standard InChI is InChI=1S/C6H15P.C3H8S.Au/c1-4-7(5-2)6-3;1-2-3-4;/h4-6H2,1-3H3;4H,2-3H2,1H3;/q;;+1. The molecule has 0 bridgehead atoms. The minimum Gasteiger partial charge on any atom is -0.793 e. The topological polar surface area (TPSA) is 0 Å². The van der Waals surface area contributed by atoms with E-state index in [-0.39, 0.29) is 30.3 Å². The molecule has 3 heteroatoms. The van der Waals surface area contributed by atoms with Crippen LogP contribution in [0.5, 0.6) is 0 Å². The predicted molar refractivity (Wildman–Crippen MR) is 62.5 cm³/mol. The summed E-state index contributed by atoms with van der Waals surface area (Å²) in [5.74, 6) is 0.903. The summed E-state index contributed by atoms with van der Waals surface area (Å²) >= 11 is 4.55. The molecule has 0 N–H and O–H groups in total. The van der Waals surface area contributed by atoms with Crippen LogP contribution in [0.2, 0.25) is 0 Å². The van der Waals surface area contributed by atoms with Gasteiger partial charge in [-0.3, -0.25) is 0 Å². The molecule has 0 aromatic carbocycles. The molecule has 0 saturated carbocycles. The molecule has 0 aliphatic rings. The van der Waals surface area contributed by atoms with Crippen LogP contribution in [0, 0.1) is 0 Å². The zero-order chi connectivity index (χ0) is 9.11. The number of hydrogen-bond donors (Lipinski definition) is 0. The Labute approximate surface area is 101 Å². The van der Waals surface area contributed by atoms with Crippen molar-refractivity contribution in [3.05, 3.63) is 0 Å². The molecule has 0 unspecified atom stereocenters. The van der Waals surface area contributed by atoms with Gasteiger partial charge in [0, 0.05) is 0 Å². The third kappa shape index (κ3) is 17.6. The first-order valence-corrected chi connectivity index (χ1v) is 7.38. The Morgan fingerprint density at radius 2 is 1.17 bits per heavy atom. The van der Waals surface area contributed by atoms with Crippen molar-refractivity contribution in [1.29, 1.82) is 0 Å². The first-order valence-electron chi connectivity index (χ1n) is 4.68. The molecule has 0 saturated heterocycles. The molecule has 0 aliphatic carbocycles. The zero-order valence-electron chi connectivity index (χ0n) is 8.75. The van der Waals surface area contributed by atoms with Gasteiger partial charge in [0.15, 0.2) is 0 Å². The fraction of sp³-hybridized carbons (Fsp3) is 1.00. The van der Waals surface area contributed by atoms with E-state index < -0.39 is 0 Å². The van der Waals surface area contributed by atoms with Crippen LogP contribution in [0.3, 0.4) is 0 Å². The van der Waals surface area contributed by atoms with Crippen LogP contribution in [0.4, 0.5) is 0 Å². The third-order valence-corrected chi connectivity index (χ3v) is 5.11. The van der Waals surface area contributed by atoms with E-state index in [9.17, 15) is 0 Å². The molecule has 80 valence electrons. The predicted octanol–water partition coefficient (Wildman–Crippen LogP) is 3.20. The second-order valence-corrected chi connectivity index (χ2v) is 6.54. The van der Waals surface area contributed by atoms with Gasteiger partial charge in [-0.15, -0.1) is 0 Å². The quantitative estimate of drug-likeness (QED) is 0.403. The largest absolute Gasteiger partial charge is 1.00 e. The summed E-state index contributed by atoms with van der Waals surface area (Å²) in [5.41, 5.74) is 0. The van der Waals surface area contributed by atoms with Crippen molar-refractivity contribution in [2.24, 2.45) is 0 Å². The second-order valence-electron chi connectivity index (χ2n) is 2.51. The maximum Gasteiger partial charge on any atom is 1.00 e. The van der Waals surface area contributed by atoms with Crippen molar-refractivity contribution in [3.8, 4) is 0 Å². The average Bonchev–Trinajstić information content (AvgIpc) is 2.08. The van der Waals surface area contributed by atoms with E-state index in [4.69, 9.17) is 0 Å². The molecule has 0 atom stereocenters. The fourth-order valence-corrected chi connectivity index (χ4v) is 2.25. The maximum atomic E-state index is 4.55. The summed E-state index contributed by atoms with van der Waals surface area (Å²) in [4.78, 5) is 0. The first kappa shape index (κ1) is 19.1. The Kier molecular flexibility index (Phi) is 29.3. The van der Waals surface area contributed by atoms with Gasteiger partial charge >= 0.3 is 22.4 Å². The molecule has 0 aromatic rings. The third-order valence-electron chi connectivity index (χ3n) is 1.70. The molecule has 0 nitrogen and oxygen atoms in total.